The Hall–Kier alpha value is -3.68. The summed E-state index contributed by atoms with van der Waals surface area (Å²) in [6, 6.07) is 14.5. The van der Waals surface area contributed by atoms with Gasteiger partial charge in [-0.05, 0) is 12.1 Å². The minimum absolute atomic E-state index is 0.109. The summed E-state index contributed by atoms with van der Waals surface area (Å²) >= 11 is 0. The lowest BCUT2D eigenvalue weighted by atomic mass is 10.2. The first-order chi connectivity index (χ1) is 12.4. The Labute approximate surface area is 147 Å². The molecule has 0 aliphatic heterocycles. The van der Waals surface area contributed by atoms with Crippen molar-refractivity contribution in [1.82, 2.24) is 19.6 Å². The summed E-state index contributed by atoms with van der Waals surface area (Å²) in [7, 11) is 3.46. The standard InChI is InChI=1S/2C9H8N2O2/c2*1-11-7-5-3-2-4-6(7)8(10-11)9(12)13/h2*2-5H,1H3,(H,12,13). The molecule has 2 aromatic heterocycles. The smallest absolute Gasteiger partial charge is 0.357 e. The third kappa shape index (κ3) is 3.00. The van der Waals surface area contributed by atoms with Gasteiger partial charge in [-0.15, -0.1) is 0 Å². The summed E-state index contributed by atoms with van der Waals surface area (Å²) in [6.07, 6.45) is 0. The number of rotatable bonds is 2. The van der Waals surface area contributed by atoms with Crippen LogP contribution < -0.4 is 0 Å². The summed E-state index contributed by atoms with van der Waals surface area (Å²) < 4.78 is 3.14. The molecule has 0 bridgehead atoms. The zero-order valence-corrected chi connectivity index (χ0v) is 14.1. The molecule has 0 saturated carbocycles. The highest BCUT2D eigenvalue weighted by Gasteiger charge is 2.14. The van der Waals surface area contributed by atoms with E-state index in [4.69, 9.17) is 10.2 Å². The van der Waals surface area contributed by atoms with E-state index in [2.05, 4.69) is 10.2 Å². The average Bonchev–Trinajstić information content (AvgIpc) is 3.15. The molecule has 4 aromatic rings. The Morgan fingerprint density at radius 1 is 0.731 bits per heavy atom. The third-order valence-electron chi connectivity index (χ3n) is 3.92. The molecule has 0 spiro atoms. The zero-order valence-electron chi connectivity index (χ0n) is 14.1. The molecule has 8 heteroatoms. The van der Waals surface area contributed by atoms with Crippen molar-refractivity contribution >= 4 is 33.7 Å². The number of carboxylic acids is 2. The number of nitrogens with zero attached hydrogens (tertiary/aromatic N) is 4. The van der Waals surface area contributed by atoms with Crippen LogP contribution in [0.4, 0.5) is 0 Å². The van der Waals surface area contributed by atoms with Crippen LogP contribution in [0.3, 0.4) is 0 Å². The summed E-state index contributed by atoms with van der Waals surface area (Å²) in [4.78, 5) is 21.5. The molecule has 2 N–H and O–H groups in total. The van der Waals surface area contributed by atoms with Crippen LogP contribution in [0.15, 0.2) is 48.5 Å². The molecule has 0 aliphatic carbocycles. The van der Waals surface area contributed by atoms with Crippen molar-refractivity contribution in [3.8, 4) is 0 Å². The quantitative estimate of drug-likeness (QED) is 0.574. The van der Waals surface area contributed by atoms with E-state index in [0.717, 1.165) is 11.0 Å². The average molecular weight is 352 g/mol. The molecule has 0 amide bonds. The minimum Gasteiger partial charge on any atom is -0.476 e. The lowest BCUT2D eigenvalue weighted by Crippen LogP contribution is -1.99. The molecule has 2 heterocycles. The van der Waals surface area contributed by atoms with E-state index in [0.29, 0.717) is 10.8 Å². The van der Waals surface area contributed by atoms with Gasteiger partial charge in [0.05, 0.1) is 11.0 Å². The Kier molecular flexibility index (Phi) is 4.40. The van der Waals surface area contributed by atoms with Crippen LogP contribution in [0.1, 0.15) is 21.0 Å². The van der Waals surface area contributed by atoms with Gasteiger partial charge in [0, 0.05) is 24.9 Å². The molecule has 0 aliphatic rings. The number of para-hydroxylation sites is 2. The van der Waals surface area contributed by atoms with Gasteiger partial charge in [-0.25, -0.2) is 9.59 Å². The normalized spacial score (nSPS) is 10.5. The van der Waals surface area contributed by atoms with Gasteiger partial charge >= 0.3 is 11.9 Å². The largest absolute Gasteiger partial charge is 0.476 e. The SMILES string of the molecule is Cn1nc(C(=O)O)c2ccccc21.Cn1nc(C(=O)O)c2ccccc21. The number of hydrogen-bond donors (Lipinski definition) is 2. The van der Waals surface area contributed by atoms with Gasteiger partial charge in [0.25, 0.3) is 0 Å². The van der Waals surface area contributed by atoms with Gasteiger partial charge in [-0.2, -0.15) is 10.2 Å². The number of fused-ring (bicyclic) bond motifs is 2. The molecule has 26 heavy (non-hydrogen) atoms. The predicted molar refractivity (Wildman–Crippen MR) is 95.3 cm³/mol. The zero-order chi connectivity index (χ0) is 18.8. The van der Waals surface area contributed by atoms with Gasteiger partial charge in [0.15, 0.2) is 11.4 Å². The Balaban J connectivity index is 0.000000151. The molecule has 0 radical (unpaired) electrons. The second-order valence-electron chi connectivity index (χ2n) is 5.59. The molecule has 4 rings (SSSR count). The molecular formula is C18H16N4O4. The summed E-state index contributed by atoms with van der Waals surface area (Å²) in [6.45, 7) is 0. The fourth-order valence-electron chi connectivity index (χ4n) is 2.74. The first kappa shape index (κ1) is 17.2. The predicted octanol–water partition coefficient (Wildman–Crippen LogP) is 2.54. The highest BCUT2D eigenvalue weighted by molar-refractivity contribution is 6.01. The van der Waals surface area contributed by atoms with Crippen LogP contribution in [0.25, 0.3) is 21.8 Å². The van der Waals surface area contributed by atoms with Crippen LogP contribution in [-0.4, -0.2) is 41.7 Å². The van der Waals surface area contributed by atoms with Crippen molar-refractivity contribution in [3.05, 3.63) is 59.9 Å². The maximum absolute atomic E-state index is 10.8. The maximum atomic E-state index is 10.8. The maximum Gasteiger partial charge on any atom is 0.357 e. The second kappa shape index (κ2) is 6.67. The molecule has 8 nitrogen and oxygen atoms in total. The molecule has 0 unspecified atom stereocenters. The highest BCUT2D eigenvalue weighted by atomic mass is 16.4. The minimum atomic E-state index is -0.989. The van der Waals surface area contributed by atoms with Crippen molar-refractivity contribution in [3.63, 3.8) is 0 Å². The van der Waals surface area contributed by atoms with Crippen molar-refractivity contribution < 1.29 is 19.8 Å². The van der Waals surface area contributed by atoms with Gasteiger partial charge in [-0.1, -0.05) is 36.4 Å². The van der Waals surface area contributed by atoms with E-state index in [-0.39, 0.29) is 11.4 Å². The van der Waals surface area contributed by atoms with E-state index < -0.39 is 11.9 Å². The van der Waals surface area contributed by atoms with Crippen LogP contribution in [-0.2, 0) is 14.1 Å². The fraction of sp³-hybridized carbons (Fsp3) is 0.111. The van der Waals surface area contributed by atoms with Crippen LogP contribution in [0.2, 0.25) is 0 Å². The number of benzene rings is 2. The van der Waals surface area contributed by atoms with Crippen molar-refractivity contribution in [2.45, 2.75) is 0 Å². The summed E-state index contributed by atoms with van der Waals surface area (Å²) in [5.74, 6) is -1.98. The molecule has 2 aromatic carbocycles. The van der Waals surface area contributed by atoms with Crippen molar-refractivity contribution in [1.29, 1.82) is 0 Å². The number of aromatic nitrogens is 4. The second-order valence-corrected chi connectivity index (χ2v) is 5.59. The number of carbonyl (C=O) groups is 2. The summed E-state index contributed by atoms with van der Waals surface area (Å²) in [5.41, 5.74) is 1.89. The van der Waals surface area contributed by atoms with Crippen molar-refractivity contribution in [2.24, 2.45) is 14.1 Å². The van der Waals surface area contributed by atoms with E-state index in [1.54, 1.807) is 47.7 Å². The fourth-order valence-corrected chi connectivity index (χ4v) is 2.74. The van der Waals surface area contributed by atoms with E-state index >= 15 is 0 Å². The topological polar surface area (TPSA) is 110 Å². The third-order valence-corrected chi connectivity index (χ3v) is 3.92. The molecule has 0 fully saturated rings. The number of carboxylic acid groups (broad SMARTS) is 2. The lowest BCUT2D eigenvalue weighted by molar-refractivity contribution is 0.0681. The van der Waals surface area contributed by atoms with Gasteiger partial charge in [-0.3, -0.25) is 9.36 Å². The molecule has 0 atom stereocenters. The lowest BCUT2D eigenvalue weighted by Gasteiger charge is -1.90. The van der Waals surface area contributed by atoms with Crippen LogP contribution >= 0.6 is 0 Å². The Morgan fingerprint density at radius 3 is 1.42 bits per heavy atom. The monoisotopic (exact) mass is 352 g/mol. The number of hydrogen-bond acceptors (Lipinski definition) is 4. The van der Waals surface area contributed by atoms with Crippen molar-refractivity contribution in [2.75, 3.05) is 0 Å². The first-order valence-corrected chi connectivity index (χ1v) is 7.70. The van der Waals surface area contributed by atoms with Gasteiger partial charge in [0.1, 0.15) is 0 Å². The first-order valence-electron chi connectivity index (χ1n) is 7.70. The molecule has 132 valence electrons. The van der Waals surface area contributed by atoms with Crippen LogP contribution in [0.5, 0.6) is 0 Å². The summed E-state index contributed by atoms with van der Waals surface area (Å²) in [5, 5.41) is 26.8. The number of aryl methyl sites for hydroxylation is 2. The van der Waals surface area contributed by atoms with Crippen LogP contribution in [0, 0.1) is 0 Å². The van der Waals surface area contributed by atoms with E-state index in [1.165, 1.54) is 0 Å². The van der Waals surface area contributed by atoms with Gasteiger partial charge < -0.3 is 10.2 Å². The highest BCUT2D eigenvalue weighted by Crippen LogP contribution is 2.17. The Morgan fingerprint density at radius 2 is 1.08 bits per heavy atom. The Bertz CT molecular complexity index is 1040. The number of aromatic carboxylic acids is 2. The van der Waals surface area contributed by atoms with Gasteiger partial charge in [0.2, 0.25) is 0 Å². The van der Waals surface area contributed by atoms with E-state index in [9.17, 15) is 9.59 Å². The molecular weight excluding hydrogens is 336 g/mol. The molecule has 0 saturated heterocycles. The van der Waals surface area contributed by atoms with E-state index in [1.807, 2.05) is 24.3 Å².